The summed E-state index contributed by atoms with van der Waals surface area (Å²) >= 11 is 0.955. The highest BCUT2D eigenvalue weighted by Crippen LogP contribution is 2.30. The van der Waals surface area contributed by atoms with E-state index in [9.17, 15) is 13.2 Å². The number of pyridine rings is 1. The third-order valence-corrected chi connectivity index (χ3v) is 4.58. The van der Waals surface area contributed by atoms with Gasteiger partial charge >= 0.3 is 6.18 Å². The number of methoxy groups -OCH3 is 1. The Morgan fingerprint density at radius 1 is 1.29 bits per heavy atom. The summed E-state index contributed by atoms with van der Waals surface area (Å²) in [5.41, 5.74) is 1.74. The van der Waals surface area contributed by atoms with Gasteiger partial charge in [0.2, 0.25) is 0 Å². The lowest BCUT2D eigenvalue weighted by atomic mass is 10.1. The second-order valence-corrected chi connectivity index (χ2v) is 6.66. The van der Waals surface area contributed by atoms with E-state index < -0.39 is 11.9 Å². The number of aryl methyl sites for hydroxylation is 1. The average molecular weight is 529 g/mol. The van der Waals surface area contributed by atoms with Crippen LogP contribution in [0.4, 0.5) is 13.2 Å². The fourth-order valence-electron chi connectivity index (χ4n) is 2.41. The molecule has 156 valence electrons. The summed E-state index contributed by atoms with van der Waals surface area (Å²) < 4.78 is 43.3. The molecule has 0 amide bonds. The number of aliphatic imine (C=N–C) groups is 1. The van der Waals surface area contributed by atoms with E-state index in [-0.39, 0.29) is 30.5 Å². The molecule has 0 bridgehead atoms. The smallest absolute Gasteiger partial charge is 0.434 e. The van der Waals surface area contributed by atoms with E-state index in [4.69, 9.17) is 4.74 Å². The van der Waals surface area contributed by atoms with Crippen molar-refractivity contribution in [3.05, 3.63) is 39.1 Å². The van der Waals surface area contributed by atoms with Gasteiger partial charge in [0.05, 0.1) is 25.9 Å². The topological polar surface area (TPSA) is 71.4 Å². The first-order valence-corrected chi connectivity index (χ1v) is 9.17. The van der Waals surface area contributed by atoms with Gasteiger partial charge in [-0.15, -0.1) is 35.3 Å². The first kappa shape index (κ1) is 24.4. The summed E-state index contributed by atoms with van der Waals surface area (Å²) in [5.74, 6) is 1.25. The Hall–Kier alpha value is -1.63. The lowest BCUT2D eigenvalue weighted by Gasteiger charge is -2.13. The van der Waals surface area contributed by atoms with Crippen LogP contribution in [0.1, 0.15) is 34.4 Å². The van der Waals surface area contributed by atoms with Gasteiger partial charge in [0, 0.05) is 29.2 Å². The molecule has 2 N–H and O–H groups in total. The summed E-state index contributed by atoms with van der Waals surface area (Å²) in [7, 11) is 1.61. The number of rotatable bonds is 6. The van der Waals surface area contributed by atoms with Gasteiger partial charge in [-0.2, -0.15) is 13.2 Å². The second kappa shape index (κ2) is 10.8. The molecular weight excluding hydrogens is 506 g/mol. The van der Waals surface area contributed by atoms with Crippen LogP contribution in [-0.2, 0) is 19.3 Å². The van der Waals surface area contributed by atoms with Crippen molar-refractivity contribution in [1.82, 2.24) is 20.6 Å². The third-order valence-electron chi connectivity index (χ3n) is 3.73. The Labute approximate surface area is 183 Å². The SMILES string of the molecule is CCNC(=NCc1ncc(C)c(OC)c1C)NCc1nc(C(F)(F)F)cs1.I. The zero-order valence-electron chi connectivity index (χ0n) is 16.0. The Bertz CT molecular complexity index is 811. The van der Waals surface area contributed by atoms with E-state index in [0.29, 0.717) is 24.1 Å². The van der Waals surface area contributed by atoms with Crippen molar-refractivity contribution in [2.45, 2.75) is 40.0 Å². The molecule has 2 rings (SSSR count). The van der Waals surface area contributed by atoms with Crippen LogP contribution >= 0.6 is 35.3 Å². The maximum atomic E-state index is 12.6. The molecule has 0 aliphatic carbocycles. The molecule has 28 heavy (non-hydrogen) atoms. The van der Waals surface area contributed by atoms with Crippen LogP contribution in [0.2, 0.25) is 0 Å². The van der Waals surface area contributed by atoms with E-state index in [1.807, 2.05) is 20.8 Å². The number of halogens is 4. The van der Waals surface area contributed by atoms with Crippen molar-refractivity contribution >= 4 is 41.3 Å². The van der Waals surface area contributed by atoms with Gasteiger partial charge in [0.1, 0.15) is 10.8 Å². The third kappa shape index (κ3) is 6.47. The van der Waals surface area contributed by atoms with Gasteiger partial charge in [0.15, 0.2) is 11.7 Å². The molecule has 0 aromatic carbocycles. The molecule has 2 aromatic rings. The Kier molecular flexibility index (Phi) is 9.40. The van der Waals surface area contributed by atoms with Gasteiger partial charge in [-0.05, 0) is 20.8 Å². The summed E-state index contributed by atoms with van der Waals surface area (Å²) in [6, 6.07) is 0. The van der Waals surface area contributed by atoms with Crippen LogP contribution in [0, 0.1) is 13.8 Å². The molecule has 6 nitrogen and oxygen atoms in total. The van der Waals surface area contributed by atoms with Crippen molar-refractivity contribution in [1.29, 1.82) is 0 Å². The summed E-state index contributed by atoms with van der Waals surface area (Å²) in [5, 5.41) is 7.39. The highest BCUT2D eigenvalue weighted by Gasteiger charge is 2.33. The van der Waals surface area contributed by atoms with E-state index in [2.05, 4.69) is 25.6 Å². The molecule has 0 aliphatic rings. The van der Waals surface area contributed by atoms with E-state index >= 15 is 0 Å². The number of hydrogen-bond acceptors (Lipinski definition) is 5. The van der Waals surface area contributed by atoms with E-state index in [0.717, 1.165) is 39.3 Å². The molecule has 11 heteroatoms. The average Bonchev–Trinajstić information content (AvgIpc) is 3.08. The second-order valence-electron chi connectivity index (χ2n) is 5.72. The molecule has 0 fully saturated rings. The molecule has 0 unspecified atom stereocenters. The molecule has 0 aliphatic heterocycles. The highest BCUT2D eigenvalue weighted by atomic mass is 127. The number of nitrogens with zero attached hydrogens (tertiary/aromatic N) is 3. The Morgan fingerprint density at radius 2 is 2.00 bits per heavy atom. The lowest BCUT2D eigenvalue weighted by Crippen LogP contribution is -2.36. The molecule has 0 radical (unpaired) electrons. The van der Waals surface area contributed by atoms with Crippen molar-refractivity contribution in [3.63, 3.8) is 0 Å². The molecule has 0 saturated carbocycles. The number of guanidine groups is 1. The predicted octanol–water partition coefficient (Wildman–Crippen LogP) is 4.06. The lowest BCUT2D eigenvalue weighted by molar-refractivity contribution is -0.140. The van der Waals surface area contributed by atoms with Crippen molar-refractivity contribution < 1.29 is 17.9 Å². The van der Waals surface area contributed by atoms with Crippen LogP contribution in [0.25, 0.3) is 0 Å². The van der Waals surface area contributed by atoms with Gasteiger partial charge in [-0.25, -0.2) is 9.98 Å². The summed E-state index contributed by atoms with van der Waals surface area (Å²) in [4.78, 5) is 12.4. The standard InChI is InChI=1S/C17H22F3N5OS.HI/c1-5-21-16(24-8-14-25-13(9-27-14)17(18,19)20)23-7-12-11(3)15(26-4)10(2)6-22-12;/h6,9H,5,7-8H2,1-4H3,(H2,21,23,24);1H. The zero-order chi connectivity index (χ0) is 20.0. The van der Waals surface area contributed by atoms with Crippen LogP contribution in [0.3, 0.4) is 0 Å². The van der Waals surface area contributed by atoms with Gasteiger partial charge in [-0.1, -0.05) is 0 Å². The fourth-order valence-corrected chi connectivity index (χ4v) is 3.15. The first-order valence-electron chi connectivity index (χ1n) is 8.29. The number of thiazole rings is 1. The van der Waals surface area contributed by atoms with Gasteiger partial charge < -0.3 is 15.4 Å². The largest absolute Gasteiger partial charge is 0.496 e. The number of nitrogens with one attached hydrogen (secondary N) is 2. The minimum absolute atomic E-state index is 0. The van der Waals surface area contributed by atoms with E-state index in [1.165, 1.54) is 0 Å². The normalized spacial score (nSPS) is 11.8. The zero-order valence-corrected chi connectivity index (χ0v) is 19.1. The monoisotopic (exact) mass is 529 g/mol. The fraction of sp³-hybridized carbons (Fsp3) is 0.471. The summed E-state index contributed by atoms with van der Waals surface area (Å²) in [6.45, 7) is 6.81. The minimum Gasteiger partial charge on any atom is -0.496 e. The summed E-state index contributed by atoms with van der Waals surface area (Å²) in [6.07, 6.45) is -2.70. The van der Waals surface area contributed by atoms with Crippen LogP contribution in [-0.4, -0.2) is 29.6 Å². The Balaban J connectivity index is 0.00000392. The van der Waals surface area contributed by atoms with Crippen LogP contribution in [0.5, 0.6) is 5.75 Å². The van der Waals surface area contributed by atoms with Crippen LogP contribution < -0.4 is 15.4 Å². The molecule has 2 heterocycles. The van der Waals surface area contributed by atoms with Crippen molar-refractivity contribution in [3.8, 4) is 5.75 Å². The molecule has 0 spiro atoms. The van der Waals surface area contributed by atoms with E-state index in [1.54, 1.807) is 13.3 Å². The highest BCUT2D eigenvalue weighted by molar-refractivity contribution is 14.0. The molecular formula is C17H23F3IN5OS. The number of ether oxygens (including phenoxy) is 1. The van der Waals surface area contributed by atoms with Crippen molar-refractivity contribution in [2.24, 2.45) is 4.99 Å². The minimum atomic E-state index is -4.43. The van der Waals surface area contributed by atoms with Gasteiger partial charge in [-0.3, -0.25) is 4.98 Å². The number of aromatic nitrogens is 2. The van der Waals surface area contributed by atoms with Crippen molar-refractivity contribution in [2.75, 3.05) is 13.7 Å². The number of alkyl halides is 3. The first-order chi connectivity index (χ1) is 12.8. The van der Waals surface area contributed by atoms with Crippen LogP contribution in [0.15, 0.2) is 16.6 Å². The molecule has 0 atom stereocenters. The maximum Gasteiger partial charge on any atom is 0.434 e. The number of hydrogen-bond donors (Lipinski definition) is 2. The quantitative estimate of drug-likeness (QED) is 0.336. The molecule has 2 aromatic heterocycles. The maximum absolute atomic E-state index is 12.6. The predicted molar refractivity (Wildman–Crippen MR) is 114 cm³/mol. The molecule has 0 saturated heterocycles. The van der Waals surface area contributed by atoms with Gasteiger partial charge in [0.25, 0.3) is 0 Å². The Morgan fingerprint density at radius 3 is 2.57 bits per heavy atom.